The molecule has 0 atom stereocenters. The summed E-state index contributed by atoms with van der Waals surface area (Å²) in [6, 6.07) is 11.9. The second-order valence-corrected chi connectivity index (χ2v) is 8.20. The van der Waals surface area contributed by atoms with Crippen molar-refractivity contribution in [3.63, 3.8) is 0 Å². The average Bonchev–Trinajstić information content (AvgIpc) is 3.00. The zero-order chi connectivity index (χ0) is 22.4. The highest BCUT2D eigenvalue weighted by Crippen LogP contribution is 2.35. The number of carbonyl (C=O) groups excluding carboxylic acids is 1. The first kappa shape index (κ1) is 22.5. The van der Waals surface area contributed by atoms with Crippen LogP contribution in [0, 0.1) is 17.0 Å². The number of amides is 1. The summed E-state index contributed by atoms with van der Waals surface area (Å²) in [6.07, 6.45) is 3.15. The first-order valence-electron chi connectivity index (χ1n) is 9.36. The first-order valence-corrected chi connectivity index (χ1v) is 10.6. The zero-order valence-corrected chi connectivity index (χ0v) is 18.4. The molecule has 1 aliphatic heterocycles. The summed E-state index contributed by atoms with van der Waals surface area (Å²) in [6.45, 7) is 6.40. The van der Waals surface area contributed by atoms with Crippen LogP contribution in [0.3, 0.4) is 0 Å². The Morgan fingerprint density at radius 3 is 2.58 bits per heavy atom. The molecule has 1 amide bonds. The van der Waals surface area contributed by atoms with Gasteiger partial charge < -0.3 is 9.47 Å². The average molecular weight is 457 g/mol. The van der Waals surface area contributed by atoms with Gasteiger partial charge in [-0.05, 0) is 30.7 Å². The number of carbonyl (C=O) groups is 1. The van der Waals surface area contributed by atoms with E-state index in [0.29, 0.717) is 33.7 Å². The molecular formula is C22H20N2O5S2. The van der Waals surface area contributed by atoms with Gasteiger partial charge in [0.05, 0.1) is 9.83 Å². The van der Waals surface area contributed by atoms with Crippen LogP contribution in [-0.4, -0.2) is 39.8 Å². The van der Waals surface area contributed by atoms with Crippen LogP contribution in [0.15, 0.2) is 60.0 Å². The van der Waals surface area contributed by atoms with Crippen molar-refractivity contribution < 1.29 is 19.2 Å². The monoisotopic (exact) mass is 456 g/mol. The third kappa shape index (κ3) is 5.50. The Kier molecular flexibility index (Phi) is 7.43. The maximum absolute atomic E-state index is 12.6. The predicted molar refractivity (Wildman–Crippen MR) is 125 cm³/mol. The summed E-state index contributed by atoms with van der Waals surface area (Å²) < 4.78 is 11.9. The molecule has 2 aromatic carbocycles. The lowest BCUT2D eigenvalue weighted by Gasteiger charge is -2.12. The number of hydrogen-bond acceptors (Lipinski definition) is 7. The second-order valence-electron chi connectivity index (χ2n) is 6.52. The Balaban J connectivity index is 1.77. The molecular weight excluding hydrogens is 436 g/mol. The smallest absolute Gasteiger partial charge is 0.270 e. The molecule has 0 N–H and O–H groups in total. The third-order valence-corrected chi connectivity index (χ3v) is 5.75. The fraction of sp³-hybridized carbons (Fsp3) is 0.182. The van der Waals surface area contributed by atoms with E-state index in [-0.39, 0.29) is 18.2 Å². The van der Waals surface area contributed by atoms with Gasteiger partial charge in [0.2, 0.25) is 0 Å². The van der Waals surface area contributed by atoms with Crippen LogP contribution in [0.1, 0.15) is 11.1 Å². The number of benzene rings is 2. The Hall–Kier alpha value is -3.17. The standard InChI is InChI=1S/C22H20N2O5S2/c1-3-10-23-21(25)20(31-22(23)30)14-16-13-17(24(26)27)8-9-19(16)29-12-11-28-18-7-5-4-6-15(18)2/h3-9,13-14H,1,10-12H2,2H3/b20-14+. The van der Waals surface area contributed by atoms with Crippen LogP contribution < -0.4 is 9.47 Å². The van der Waals surface area contributed by atoms with Crippen LogP contribution >= 0.6 is 24.0 Å². The minimum Gasteiger partial charge on any atom is -0.490 e. The van der Waals surface area contributed by atoms with Crippen LogP contribution in [0.4, 0.5) is 5.69 Å². The lowest BCUT2D eigenvalue weighted by molar-refractivity contribution is -0.384. The number of para-hydroxylation sites is 1. The fourth-order valence-corrected chi connectivity index (χ4v) is 4.11. The number of rotatable bonds is 9. The van der Waals surface area contributed by atoms with Gasteiger partial charge in [-0.25, -0.2) is 0 Å². The number of nitro groups is 1. The highest BCUT2D eigenvalue weighted by Gasteiger charge is 2.31. The summed E-state index contributed by atoms with van der Waals surface area (Å²) in [5.74, 6) is 0.907. The lowest BCUT2D eigenvalue weighted by Crippen LogP contribution is -2.27. The number of ether oxygens (including phenoxy) is 2. The molecule has 0 aliphatic carbocycles. The minimum absolute atomic E-state index is 0.101. The third-order valence-electron chi connectivity index (χ3n) is 4.37. The van der Waals surface area contributed by atoms with E-state index in [1.807, 2.05) is 31.2 Å². The minimum atomic E-state index is -0.495. The van der Waals surface area contributed by atoms with Gasteiger partial charge in [0.15, 0.2) is 0 Å². The molecule has 0 bridgehead atoms. The van der Waals surface area contributed by atoms with E-state index in [1.165, 1.54) is 23.1 Å². The molecule has 1 aliphatic rings. The molecule has 1 heterocycles. The van der Waals surface area contributed by atoms with E-state index in [2.05, 4.69) is 6.58 Å². The van der Waals surface area contributed by atoms with Crippen molar-refractivity contribution in [1.29, 1.82) is 0 Å². The second kappa shape index (κ2) is 10.2. The molecule has 2 aromatic rings. The fourth-order valence-electron chi connectivity index (χ4n) is 2.84. The van der Waals surface area contributed by atoms with Gasteiger partial charge in [0.1, 0.15) is 29.0 Å². The number of nitro benzene ring substituents is 1. The molecule has 7 nitrogen and oxygen atoms in total. The number of non-ortho nitro benzene ring substituents is 1. The van der Waals surface area contributed by atoms with Crippen LogP contribution in [0.5, 0.6) is 11.5 Å². The molecule has 9 heteroatoms. The number of hydrogen-bond donors (Lipinski definition) is 0. The molecule has 0 spiro atoms. The van der Waals surface area contributed by atoms with Crippen LogP contribution in [0.25, 0.3) is 6.08 Å². The van der Waals surface area contributed by atoms with E-state index >= 15 is 0 Å². The normalized spacial score (nSPS) is 14.7. The molecule has 3 rings (SSSR count). The van der Waals surface area contributed by atoms with Gasteiger partial charge in [0.25, 0.3) is 11.6 Å². The van der Waals surface area contributed by atoms with Gasteiger partial charge in [0, 0.05) is 24.2 Å². The van der Waals surface area contributed by atoms with Gasteiger partial charge >= 0.3 is 0 Å². The summed E-state index contributed by atoms with van der Waals surface area (Å²) in [7, 11) is 0. The number of thioether (sulfide) groups is 1. The topological polar surface area (TPSA) is 81.9 Å². The van der Waals surface area contributed by atoms with Crippen molar-refractivity contribution in [1.82, 2.24) is 4.90 Å². The number of aryl methyl sites for hydroxylation is 1. The quantitative estimate of drug-likeness (QED) is 0.134. The Bertz CT molecular complexity index is 1070. The molecule has 31 heavy (non-hydrogen) atoms. The summed E-state index contributed by atoms with van der Waals surface area (Å²) >= 11 is 6.38. The van der Waals surface area contributed by atoms with Crippen molar-refractivity contribution in [2.75, 3.05) is 19.8 Å². The molecule has 0 radical (unpaired) electrons. The molecule has 0 saturated carbocycles. The predicted octanol–water partition coefficient (Wildman–Crippen LogP) is 4.75. The molecule has 0 unspecified atom stereocenters. The SMILES string of the molecule is C=CCN1C(=O)/C(=C\c2cc([N+](=O)[O-])ccc2OCCOc2ccccc2C)SC1=S. The van der Waals surface area contributed by atoms with Crippen molar-refractivity contribution in [2.45, 2.75) is 6.92 Å². The molecule has 1 fully saturated rings. The van der Waals surface area contributed by atoms with E-state index in [0.717, 1.165) is 23.1 Å². The number of thiocarbonyl (C=S) groups is 1. The first-order chi connectivity index (χ1) is 14.9. The summed E-state index contributed by atoms with van der Waals surface area (Å²) in [5, 5.41) is 11.2. The van der Waals surface area contributed by atoms with E-state index in [4.69, 9.17) is 21.7 Å². The maximum Gasteiger partial charge on any atom is 0.270 e. The van der Waals surface area contributed by atoms with E-state index in [1.54, 1.807) is 12.2 Å². The maximum atomic E-state index is 12.6. The van der Waals surface area contributed by atoms with E-state index in [9.17, 15) is 14.9 Å². The van der Waals surface area contributed by atoms with Crippen molar-refractivity contribution in [3.05, 3.63) is 81.3 Å². The molecule has 1 saturated heterocycles. The van der Waals surface area contributed by atoms with Crippen molar-refractivity contribution >= 4 is 46.0 Å². The Morgan fingerprint density at radius 1 is 1.19 bits per heavy atom. The largest absolute Gasteiger partial charge is 0.490 e. The van der Waals surface area contributed by atoms with Crippen LogP contribution in [0.2, 0.25) is 0 Å². The Morgan fingerprint density at radius 2 is 1.90 bits per heavy atom. The van der Waals surface area contributed by atoms with E-state index < -0.39 is 4.92 Å². The van der Waals surface area contributed by atoms with Crippen LogP contribution in [-0.2, 0) is 4.79 Å². The highest BCUT2D eigenvalue weighted by atomic mass is 32.2. The Labute approximate surface area is 189 Å². The van der Waals surface area contributed by atoms with Crippen molar-refractivity contribution in [3.8, 4) is 11.5 Å². The van der Waals surface area contributed by atoms with Gasteiger partial charge in [-0.1, -0.05) is 48.3 Å². The summed E-state index contributed by atoms with van der Waals surface area (Å²) in [5.41, 5.74) is 1.33. The molecule has 0 aromatic heterocycles. The zero-order valence-electron chi connectivity index (χ0n) is 16.8. The van der Waals surface area contributed by atoms with Crippen molar-refractivity contribution in [2.24, 2.45) is 0 Å². The van der Waals surface area contributed by atoms with Gasteiger partial charge in [-0.3, -0.25) is 19.8 Å². The van der Waals surface area contributed by atoms with Gasteiger partial charge in [-0.15, -0.1) is 6.58 Å². The molecule has 160 valence electrons. The lowest BCUT2D eigenvalue weighted by atomic mass is 10.1. The highest BCUT2D eigenvalue weighted by molar-refractivity contribution is 8.26. The van der Waals surface area contributed by atoms with Gasteiger partial charge in [-0.2, -0.15) is 0 Å². The number of nitrogens with zero attached hydrogens (tertiary/aromatic N) is 2. The summed E-state index contributed by atoms with van der Waals surface area (Å²) in [4.78, 5) is 25.1.